The second-order valence-electron chi connectivity index (χ2n) is 3.79. The lowest BCUT2D eigenvalue weighted by atomic mass is 10.00. The Morgan fingerprint density at radius 3 is 2.29 bits per heavy atom. The largest absolute Gasteiger partial charge is 0.310 e. The van der Waals surface area contributed by atoms with Gasteiger partial charge in [-0.05, 0) is 0 Å². The van der Waals surface area contributed by atoms with Gasteiger partial charge in [-0.25, -0.2) is 0 Å². The Balaban J connectivity index is 2.70. The normalized spacial score (nSPS) is 11.2. The molecule has 1 rings (SSSR count). The summed E-state index contributed by atoms with van der Waals surface area (Å²) in [5, 5.41) is 0. The summed E-state index contributed by atoms with van der Waals surface area (Å²) in [6.45, 7) is 1.61. The highest BCUT2D eigenvalue weighted by Gasteiger charge is 2.38. The zero-order valence-electron chi connectivity index (χ0n) is 9.58. The van der Waals surface area contributed by atoms with Crippen molar-refractivity contribution in [3.8, 4) is 0 Å². The summed E-state index contributed by atoms with van der Waals surface area (Å²) in [4.78, 5) is 22.5. The Morgan fingerprint density at radius 1 is 1.18 bits per heavy atom. The minimum absolute atomic E-state index is 0.0264. The van der Waals surface area contributed by atoms with Crippen LogP contribution in [0.5, 0.6) is 0 Å². The van der Waals surface area contributed by atoms with Gasteiger partial charge in [0.2, 0.25) is 5.78 Å². The van der Waals surface area contributed by atoms with Gasteiger partial charge in [0.1, 0.15) is 5.78 Å². The quantitative estimate of drug-likeness (QED) is 0.715. The number of carbonyl (C=O) groups is 2. The maximum Gasteiger partial charge on any atom is 0.310 e. The summed E-state index contributed by atoms with van der Waals surface area (Å²) < 4.78 is 27.0. The average molecular weight is 240 g/mol. The van der Waals surface area contributed by atoms with Crippen LogP contribution in [0.25, 0.3) is 0 Å². The molecule has 0 N–H and O–H groups in total. The third-order valence-electron chi connectivity index (χ3n) is 2.48. The van der Waals surface area contributed by atoms with Crippen LogP contribution < -0.4 is 0 Å². The van der Waals surface area contributed by atoms with E-state index >= 15 is 0 Å². The summed E-state index contributed by atoms with van der Waals surface area (Å²) in [6.07, 6.45) is -0.759. The van der Waals surface area contributed by atoms with Crippen LogP contribution in [0.2, 0.25) is 0 Å². The van der Waals surface area contributed by atoms with E-state index in [1.807, 2.05) is 0 Å². The van der Waals surface area contributed by atoms with Crippen molar-refractivity contribution in [1.29, 1.82) is 0 Å². The molecule has 0 bridgehead atoms. The number of carbonyl (C=O) groups excluding carboxylic acids is 2. The Morgan fingerprint density at radius 2 is 1.76 bits per heavy atom. The first-order chi connectivity index (χ1) is 7.97. The van der Waals surface area contributed by atoms with Crippen molar-refractivity contribution in [1.82, 2.24) is 0 Å². The molecule has 0 radical (unpaired) electrons. The van der Waals surface area contributed by atoms with Crippen molar-refractivity contribution in [3.63, 3.8) is 0 Å². The fourth-order valence-electron chi connectivity index (χ4n) is 1.39. The van der Waals surface area contributed by atoms with E-state index in [2.05, 4.69) is 0 Å². The summed E-state index contributed by atoms with van der Waals surface area (Å²) >= 11 is 0. The van der Waals surface area contributed by atoms with Crippen LogP contribution in [0, 0.1) is 0 Å². The molecule has 0 heterocycles. The highest BCUT2D eigenvalue weighted by molar-refractivity contribution is 6.01. The van der Waals surface area contributed by atoms with E-state index in [-0.39, 0.29) is 24.2 Å². The molecule has 17 heavy (non-hydrogen) atoms. The van der Waals surface area contributed by atoms with Gasteiger partial charge in [-0.1, -0.05) is 37.3 Å². The van der Waals surface area contributed by atoms with Crippen molar-refractivity contribution in [2.75, 3.05) is 0 Å². The lowest BCUT2D eigenvalue weighted by molar-refractivity contribution is -0.120. The van der Waals surface area contributed by atoms with Crippen molar-refractivity contribution >= 4 is 11.6 Å². The molecule has 1 aromatic rings. The Kier molecular flexibility index (Phi) is 4.49. The monoisotopic (exact) mass is 240 g/mol. The second-order valence-corrected chi connectivity index (χ2v) is 3.79. The Bertz CT molecular complexity index is 399. The molecule has 0 aromatic heterocycles. The van der Waals surface area contributed by atoms with Crippen LogP contribution in [0.1, 0.15) is 36.5 Å². The average Bonchev–Trinajstić information content (AvgIpc) is 2.36. The fraction of sp³-hybridized carbons (Fsp3) is 0.385. The maximum absolute atomic E-state index is 13.5. The zero-order valence-corrected chi connectivity index (χ0v) is 9.58. The van der Waals surface area contributed by atoms with E-state index in [1.54, 1.807) is 13.0 Å². The third-order valence-corrected chi connectivity index (χ3v) is 2.48. The van der Waals surface area contributed by atoms with Crippen LogP contribution in [0.4, 0.5) is 8.78 Å². The summed E-state index contributed by atoms with van der Waals surface area (Å²) in [5.41, 5.74) is -0.0264. The predicted molar refractivity (Wildman–Crippen MR) is 60.3 cm³/mol. The van der Waals surface area contributed by atoms with Gasteiger partial charge >= 0.3 is 5.92 Å². The predicted octanol–water partition coefficient (Wildman–Crippen LogP) is 3.26. The molecule has 0 fully saturated rings. The molecule has 0 spiro atoms. The van der Waals surface area contributed by atoms with Gasteiger partial charge in [0.05, 0.1) is 0 Å². The topological polar surface area (TPSA) is 34.1 Å². The second kappa shape index (κ2) is 5.66. The fourth-order valence-corrected chi connectivity index (χ4v) is 1.39. The van der Waals surface area contributed by atoms with Crippen LogP contribution in [0.3, 0.4) is 0 Å². The van der Waals surface area contributed by atoms with Gasteiger partial charge in [0, 0.05) is 24.8 Å². The third kappa shape index (κ3) is 3.73. The first-order valence-corrected chi connectivity index (χ1v) is 5.46. The minimum Gasteiger partial charge on any atom is -0.300 e. The number of halogens is 2. The van der Waals surface area contributed by atoms with Gasteiger partial charge in [-0.3, -0.25) is 9.59 Å². The van der Waals surface area contributed by atoms with Crippen LogP contribution in [-0.2, 0) is 4.79 Å². The Labute approximate surface area is 98.6 Å². The minimum atomic E-state index is -3.47. The van der Waals surface area contributed by atoms with E-state index in [0.717, 1.165) is 0 Å². The van der Waals surface area contributed by atoms with Crippen molar-refractivity contribution in [3.05, 3.63) is 35.9 Å². The molecule has 0 aliphatic carbocycles. The highest BCUT2D eigenvalue weighted by atomic mass is 19.3. The first kappa shape index (κ1) is 13.5. The lowest BCUT2D eigenvalue weighted by Gasteiger charge is -2.14. The lowest BCUT2D eigenvalue weighted by Crippen LogP contribution is -2.29. The summed E-state index contributed by atoms with van der Waals surface area (Å²) in [7, 11) is 0. The van der Waals surface area contributed by atoms with Crippen molar-refractivity contribution in [2.45, 2.75) is 32.1 Å². The number of ketones is 2. The molecule has 1 aromatic carbocycles. The zero-order chi connectivity index (χ0) is 12.9. The number of benzene rings is 1. The molecule has 0 saturated carbocycles. The van der Waals surface area contributed by atoms with Crippen LogP contribution >= 0.6 is 0 Å². The molecule has 0 atom stereocenters. The number of alkyl halides is 2. The van der Waals surface area contributed by atoms with Gasteiger partial charge in [-0.2, -0.15) is 8.78 Å². The molecular formula is C13H14F2O2. The number of hydrogen-bond donors (Lipinski definition) is 0. The van der Waals surface area contributed by atoms with Gasteiger partial charge in [0.15, 0.2) is 0 Å². The molecule has 0 aliphatic heterocycles. The smallest absolute Gasteiger partial charge is 0.300 e. The Hall–Kier alpha value is -1.58. The molecule has 92 valence electrons. The van der Waals surface area contributed by atoms with Crippen molar-refractivity contribution in [2.24, 2.45) is 0 Å². The standard InChI is InChI=1S/C13H14F2O2/c1-2-11(16)8-9-13(14,15)12(17)10-6-4-3-5-7-10/h3-7H,2,8-9H2,1H3. The molecule has 0 aliphatic rings. The van der Waals surface area contributed by atoms with Gasteiger partial charge in [0.25, 0.3) is 0 Å². The summed E-state index contributed by atoms with van der Waals surface area (Å²) in [6, 6.07) is 7.40. The highest BCUT2D eigenvalue weighted by Crippen LogP contribution is 2.25. The summed E-state index contributed by atoms with van der Waals surface area (Å²) in [5.74, 6) is -4.95. The number of Topliss-reactive ketones (excluding diaryl/α,β-unsaturated/α-hetero) is 2. The first-order valence-electron chi connectivity index (χ1n) is 5.46. The van der Waals surface area contributed by atoms with E-state index in [9.17, 15) is 18.4 Å². The molecule has 0 unspecified atom stereocenters. The number of hydrogen-bond acceptors (Lipinski definition) is 2. The van der Waals surface area contributed by atoms with E-state index in [0.29, 0.717) is 0 Å². The van der Waals surface area contributed by atoms with E-state index in [1.165, 1.54) is 24.3 Å². The van der Waals surface area contributed by atoms with E-state index < -0.39 is 18.1 Å². The number of rotatable bonds is 6. The van der Waals surface area contributed by atoms with E-state index in [4.69, 9.17) is 0 Å². The van der Waals surface area contributed by atoms with Crippen molar-refractivity contribution < 1.29 is 18.4 Å². The maximum atomic E-state index is 13.5. The van der Waals surface area contributed by atoms with Crippen LogP contribution in [-0.4, -0.2) is 17.5 Å². The molecule has 0 saturated heterocycles. The van der Waals surface area contributed by atoms with Gasteiger partial charge < -0.3 is 0 Å². The molecule has 0 amide bonds. The molecule has 2 nitrogen and oxygen atoms in total. The SMILES string of the molecule is CCC(=O)CCC(F)(F)C(=O)c1ccccc1. The van der Waals surface area contributed by atoms with Gasteiger partial charge in [-0.15, -0.1) is 0 Å². The molecular weight excluding hydrogens is 226 g/mol. The van der Waals surface area contributed by atoms with Crippen LogP contribution in [0.15, 0.2) is 30.3 Å². The molecule has 4 heteroatoms.